The minimum atomic E-state index is 0.359. The van der Waals surface area contributed by atoms with E-state index >= 15 is 0 Å². The van der Waals surface area contributed by atoms with E-state index in [1.54, 1.807) is 0 Å². The van der Waals surface area contributed by atoms with Crippen molar-refractivity contribution < 1.29 is 4.79 Å². The number of aromatic nitrogens is 1. The van der Waals surface area contributed by atoms with Gasteiger partial charge in [-0.2, -0.15) is 0 Å². The number of anilines is 1. The molecule has 1 aromatic heterocycles. The molecule has 1 saturated heterocycles. The van der Waals surface area contributed by atoms with Crippen molar-refractivity contribution in [2.24, 2.45) is 0 Å². The maximum Gasteiger partial charge on any atom is 0.136 e. The van der Waals surface area contributed by atoms with Crippen molar-refractivity contribution in [3.05, 3.63) is 22.3 Å². The predicted molar refractivity (Wildman–Crippen MR) is 63.1 cm³/mol. The van der Waals surface area contributed by atoms with Crippen LogP contribution in [0.25, 0.3) is 0 Å². The standard InChI is InChI=1S/C11H13BrN2O/c1-8-2-3-10(13-11(8)12)14-6-4-9(15)5-7-14/h2-3H,4-7H2,1H3. The van der Waals surface area contributed by atoms with Crippen molar-refractivity contribution >= 4 is 27.5 Å². The highest BCUT2D eigenvalue weighted by atomic mass is 79.9. The van der Waals surface area contributed by atoms with Crippen LogP contribution < -0.4 is 4.90 Å². The third kappa shape index (κ3) is 2.37. The Labute approximate surface area is 97.6 Å². The second kappa shape index (κ2) is 4.31. The summed E-state index contributed by atoms with van der Waals surface area (Å²) >= 11 is 3.42. The lowest BCUT2D eigenvalue weighted by Crippen LogP contribution is -2.34. The SMILES string of the molecule is Cc1ccc(N2CCC(=O)CC2)nc1Br. The molecule has 0 N–H and O–H groups in total. The van der Waals surface area contributed by atoms with Gasteiger partial charge in [-0.1, -0.05) is 6.07 Å². The Morgan fingerprint density at radius 3 is 2.60 bits per heavy atom. The first-order valence-corrected chi connectivity index (χ1v) is 5.86. The average Bonchev–Trinajstić information content (AvgIpc) is 2.23. The molecule has 0 radical (unpaired) electrons. The molecular weight excluding hydrogens is 256 g/mol. The van der Waals surface area contributed by atoms with Gasteiger partial charge in [0.25, 0.3) is 0 Å². The van der Waals surface area contributed by atoms with Crippen LogP contribution in [-0.4, -0.2) is 23.9 Å². The number of pyridine rings is 1. The molecule has 15 heavy (non-hydrogen) atoms. The van der Waals surface area contributed by atoms with Crippen LogP contribution in [-0.2, 0) is 4.79 Å². The molecule has 2 heterocycles. The molecule has 3 nitrogen and oxygen atoms in total. The van der Waals surface area contributed by atoms with Crippen molar-refractivity contribution in [2.45, 2.75) is 19.8 Å². The Morgan fingerprint density at radius 2 is 2.00 bits per heavy atom. The molecule has 0 saturated carbocycles. The second-order valence-electron chi connectivity index (χ2n) is 3.80. The Balaban J connectivity index is 2.16. The molecule has 0 amide bonds. The fourth-order valence-electron chi connectivity index (χ4n) is 1.66. The topological polar surface area (TPSA) is 33.2 Å². The van der Waals surface area contributed by atoms with Gasteiger partial charge in [-0.05, 0) is 34.5 Å². The molecular formula is C11H13BrN2O. The first-order valence-electron chi connectivity index (χ1n) is 5.06. The number of ketones is 1. The zero-order valence-electron chi connectivity index (χ0n) is 8.66. The zero-order chi connectivity index (χ0) is 10.8. The summed E-state index contributed by atoms with van der Waals surface area (Å²) in [4.78, 5) is 17.7. The number of hydrogen-bond acceptors (Lipinski definition) is 3. The number of hydrogen-bond donors (Lipinski definition) is 0. The van der Waals surface area contributed by atoms with E-state index in [9.17, 15) is 4.79 Å². The lowest BCUT2D eigenvalue weighted by Gasteiger charge is -2.27. The maximum atomic E-state index is 11.1. The molecule has 80 valence electrons. The predicted octanol–water partition coefficient (Wildman–Crippen LogP) is 2.32. The van der Waals surface area contributed by atoms with Crippen molar-refractivity contribution in [3.63, 3.8) is 0 Å². The highest BCUT2D eigenvalue weighted by molar-refractivity contribution is 9.10. The van der Waals surface area contributed by atoms with Crippen LogP contribution >= 0.6 is 15.9 Å². The van der Waals surface area contributed by atoms with Crippen LogP contribution in [0.1, 0.15) is 18.4 Å². The van der Waals surface area contributed by atoms with E-state index in [1.165, 1.54) is 0 Å². The number of Topliss-reactive ketones (excluding diaryl/α,β-unsaturated/α-hetero) is 1. The average molecular weight is 269 g/mol. The molecule has 0 unspecified atom stereocenters. The molecule has 1 aromatic rings. The van der Waals surface area contributed by atoms with Crippen molar-refractivity contribution in [2.75, 3.05) is 18.0 Å². The Morgan fingerprint density at radius 1 is 1.33 bits per heavy atom. The number of aryl methyl sites for hydroxylation is 1. The summed E-state index contributed by atoms with van der Waals surface area (Å²) in [6, 6.07) is 4.05. The molecule has 1 aliphatic heterocycles. The Hall–Kier alpha value is -0.900. The highest BCUT2D eigenvalue weighted by Gasteiger charge is 2.17. The molecule has 1 fully saturated rings. The van der Waals surface area contributed by atoms with E-state index in [2.05, 4.69) is 25.8 Å². The molecule has 0 bridgehead atoms. The Bertz CT molecular complexity index is 382. The number of halogens is 1. The van der Waals surface area contributed by atoms with E-state index in [0.717, 1.165) is 29.1 Å². The molecule has 0 aromatic carbocycles. The van der Waals surface area contributed by atoms with Gasteiger partial charge in [0.05, 0.1) is 0 Å². The minimum Gasteiger partial charge on any atom is -0.356 e. The monoisotopic (exact) mass is 268 g/mol. The van der Waals surface area contributed by atoms with Gasteiger partial charge >= 0.3 is 0 Å². The van der Waals surface area contributed by atoms with Crippen LogP contribution in [0.2, 0.25) is 0 Å². The summed E-state index contributed by atoms with van der Waals surface area (Å²) in [6.45, 7) is 3.60. The number of piperidine rings is 1. The van der Waals surface area contributed by atoms with Crippen LogP contribution in [0.15, 0.2) is 16.7 Å². The second-order valence-corrected chi connectivity index (χ2v) is 4.55. The summed E-state index contributed by atoms with van der Waals surface area (Å²) in [7, 11) is 0. The fourth-order valence-corrected chi connectivity index (χ4v) is 1.97. The number of nitrogens with zero attached hydrogens (tertiary/aromatic N) is 2. The van der Waals surface area contributed by atoms with Crippen molar-refractivity contribution in [1.29, 1.82) is 0 Å². The normalized spacial score (nSPS) is 16.9. The van der Waals surface area contributed by atoms with Gasteiger partial charge in [0.15, 0.2) is 0 Å². The number of carbonyl (C=O) groups excluding carboxylic acids is 1. The van der Waals surface area contributed by atoms with Gasteiger partial charge in [0, 0.05) is 25.9 Å². The summed E-state index contributed by atoms with van der Waals surface area (Å²) < 4.78 is 0.886. The third-order valence-electron chi connectivity index (χ3n) is 2.67. The summed E-state index contributed by atoms with van der Waals surface area (Å²) in [5.74, 6) is 1.32. The van der Waals surface area contributed by atoms with E-state index in [1.807, 2.05) is 19.1 Å². The first kappa shape index (κ1) is 10.6. The summed E-state index contributed by atoms with van der Waals surface area (Å²) in [6.07, 6.45) is 1.29. The van der Waals surface area contributed by atoms with E-state index in [4.69, 9.17) is 0 Å². The molecule has 0 spiro atoms. The van der Waals surface area contributed by atoms with Gasteiger partial charge in [-0.3, -0.25) is 4.79 Å². The lowest BCUT2D eigenvalue weighted by molar-refractivity contribution is -0.119. The van der Waals surface area contributed by atoms with Crippen molar-refractivity contribution in [1.82, 2.24) is 4.98 Å². The van der Waals surface area contributed by atoms with E-state index in [0.29, 0.717) is 18.6 Å². The van der Waals surface area contributed by atoms with Crippen molar-refractivity contribution in [3.8, 4) is 0 Å². The Kier molecular flexibility index (Phi) is 3.05. The van der Waals surface area contributed by atoms with Crippen LogP contribution in [0.5, 0.6) is 0 Å². The minimum absolute atomic E-state index is 0.359. The van der Waals surface area contributed by atoms with E-state index in [-0.39, 0.29) is 0 Å². The largest absolute Gasteiger partial charge is 0.356 e. The van der Waals surface area contributed by atoms with Crippen LogP contribution in [0.4, 0.5) is 5.82 Å². The lowest BCUT2D eigenvalue weighted by atomic mass is 10.1. The quantitative estimate of drug-likeness (QED) is 0.733. The van der Waals surface area contributed by atoms with E-state index < -0.39 is 0 Å². The highest BCUT2D eigenvalue weighted by Crippen LogP contribution is 2.21. The van der Waals surface area contributed by atoms with Gasteiger partial charge in [0.1, 0.15) is 16.2 Å². The smallest absolute Gasteiger partial charge is 0.136 e. The number of carbonyl (C=O) groups is 1. The molecule has 4 heteroatoms. The van der Waals surface area contributed by atoms with Crippen LogP contribution in [0, 0.1) is 6.92 Å². The molecule has 0 aliphatic carbocycles. The van der Waals surface area contributed by atoms with Crippen LogP contribution in [0.3, 0.4) is 0 Å². The fraction of sp³-hybridized carbons (Fsp3) is 0.455. The summed E-state index contributed by atoms with van der Waals surface area (Å²) in [5, 5.41) is 0. The third-order valence-corrected chi connectivity index (χ3v) is 3.47. The first-order chi connectivity index (χ1) is 7.16. The molecule has 1 aliphatic rings. The molecule has 0 atom stereocenters. The van der Waals surface area contributed by atoms with Gasteiger partial charge in [0.2, 0.25) is 0 Å². The van der Waals surface area contributed by atoms with Gasteiger partial charge in [-0.25, -0.2) is 4.98 Å². The zero-order valence-corrected chi connectivity index (χ0v) is 10.2. The van der Waals surface area contributed by atoms with Gasteiger partial charge < -0.3 is 4.90 Å². The summed E-state index contributed by atoms with van der Waals surface area (Å²) in [5.41, 5.74) is 1.13. The maximum absolute atomic E-state index is 11.1. The number of rotatable bonds is 1. The molecule has 2 rings (SSSR count). The van der Waals surface area contributed by atoms with Gasteiger partial charge in [-0.15, -0.1) is 0 Å².